The Labute approximate surface area is 298 Å². The minimum Gasteiger partial charge on any atom is -0.363 e. The van der Waals surface area contributed by atoms with Crippen LogP contribution in [0.1, 0.15) is 127 Å². The quantitative estimate of drug-likeness (QED) is 0.158. The molecule has 3 aliphatic rings. The number of Topliss-reactive ketones (excluding diaryl/α,β-unsaturated/α-hetero) is 1. The first-order valence-corrected chi connectivity index (χ1v) is 18.3. The molecule has 2 aliphatic carbocycles. The fourth-order valence-electron chi connectivity index (χ4n) is 7.73. The van der Waals surface area contributed by atoms with E-state index in [2.05, 4.69) is 35.1 Å². The average Bonchev–Trinajstić information content (AvgIpc) is 3.47. The summed E-state index contributed by atoms with van der Waals surface area (Å²) in [5, 5.41) is 11.6. The van der Waals surface area contributed by atoms with Crippen LogP contribution in [0.4, 0.5) is 4.79 Å². The maximum absolute atomic E-state index is 14.7. The molecule has 284 valence electrons. The summed E-state index contributed by atoms with van der Waals surface area (Å²) in [4.78, 5) is 81.4. The summed E-state index contributed by atoms with van der Waals surface area (Å²) in [6, 6.07) is -4.02. The summed E-state index contributed by atoms with van der Waals surface area (Å²) >= 11 is 0. The van der Waals surface area contributed by atoms with Gasteiger partial charge in [0.2, 0.25) is 23.5 Å². The number of likely N-dealkylation sites (tertiary alicyclic amines) is 1. The Balaban J connectivity index is 1.87. The molecule has 0 radical (unpaired) electrons. The van der Waals surface area contributed by atoms with E-state index in [1.54, 1.807) is 18.7 Å². The van der Waals surface area contributed by atoms with Crippen LogP contribution < -0.4 is 32.7 Å². The smallest absolute Gasteiger partial charge is 0.315 e. The highest BCUT2D eigenvalue weighted by molar-refractivity contribution is 6.37. The molecule has 50 heavy (non-hydrogen) atoms. The molecule has 3 fully saturated rings. The van der Waals surface area contributed by atoms with Gasteiger partial charge in [-0.1, -0.05) is 81.1 Å². The van der Waals surface area contributed by atoms with Gasteiger partial charge < -0.3 is 37.6 Å². The van der Waals surface area contributed by atoms with Gasteiger partial charge in [0.05, 0.1) is 12.1 Å². The molecule has 1 saturated heterocycles. The Hall–Kier alpha value is -3.22. The van der Waals surface area contributed by atoms with Gasteiger partial charge in [0.25, 0.3) is 5.91 Å². The van der Waals surface area contributed by atoms with Gasteiger partial charge in [-0.25, -0.2) is 4.79 Å². The van der Waals surface area contributed by atoms with Crippen molar-refractivity contribution >= 4 is 35.4 Å². The molecule has 0 aromatic carbocycles. The number of nitrogens with one attached hydrogen (secondary N) is 4. The Morgan fingerprint density at radius 3 is 1.94 bits per heavy atom. The second-order valence-corrected chi connectivity index (χ2v) is 18.8. The van der Waals surface area contributed by atoms with Gasteiger partial charge >= 0.3 is 6.03 Å². The van der Waals surface area contributed by atoms with Crippen molar-refractivity contribution in [3.8, 4) is 0 Å². The minimum atomic E-state index is -1.10. The highest BCUT2D eigenvalue weighted by Gasteiger charge is 2.59. The lowest BCUT2D eigenvalue weighted by Gasteiger charge is -2.39. The Morgan fingerprint density at radius 1 is 0.860 bits per heavy atom. The van der Waals surface area contributed by atoms with E-state index in [1.807, 2.05) is 41.5 Å². The van der Waals surface area contributed by atoms with Crippen LogP contribution in [0.3, 0.4) is 0 Å². The Kier molecular flexibility index (Phi) is 12.5. The van der Waals surface area contributed by atoms with Crippen molar-refractivity contribution in [2.45, 2.75) is 157 Å². The van der Waals surface area contributed by atoms with E-state index in [1.165, 1.54) is 0 Å². The zero-order chi connectivity index (χ0) is 38.0. The molecule has 0 aromatic rings. The second-order valence-electron chi connectivity index (χ2n) is 18.8. The predicted molar refractivity (Wildman–Crippen MR) is 192 cm³/mol. The van der Waals surface area contributed by atoms with Gasteiger partial charge in [-0.15, -0.1) is 0 Å². The maximum atomic E-state index is 14.7. The molecule has 2 unspecified atom stereocenters. The SMILES string of the molecule is CC(C)(N)CC(=O)NCC(NC(=O)N[C@H](C(=O)N1C[C@]2(CCCC2(C)C)C[C@H]1C(=O)NC(CC1CCC1)C(=O)C(N)=O)C(C)(C)C)C(C)(C)C. The van der Waals surface area contributed by atoms with Crippen LogP contribution in [-0.4, -0.2) is 83.1 Å². The predicted octanol–water partition coefficient (Wildman–Crippen LogP) is 2.89. The van der Waals surface area contributed by atoms with Crippen LogP contribution in [-0.2, 0) is 24.0 Å². The van der Waals surface area contributed by atoms with Crippen LogP contribution in [0.25, 0.3) is 0 Å². The fraction of sp³-hybridized carbons (Fsp3) is 0.838. The molecule has 5 atom stereocenters. The molecule has 13 heteroatoms. The number of nitrogens with zero attached hydrogens (tertiary/aromatic N) is 1. The third kappa shape index (κ3) is 10.2. The second kappa shape index (κ2) is 15.2. The van der Waals surface area contributed by atoms with Gasteiger partial charge in [-0.3, -0.25) is 24.0 Å². The van der Waals surface area contributed by atoms with Crippen LogP contribution in [0.2, 0.25) is 0 Å². The first-order chi connectivity index (χ1) is 22.8. The number of primary amides is 1. The molecule has 2 saturated carbocycles. The summed E-state index contributed by atoms with van der Waals surface area (Å²) in [7, 11) is 0. The summed E-state index contributed by atoms with van der Waals surface area (Å²) < 4.78 is 0. The molecule has 3 rings (SSSR count). The molecule has 1 spiro atoms. The van der Waals surface area contributed by atoms with Crippen LogP contribution in [0.15, 0.2) is 0 Å². The van der Waals surface area contributed by atoms with E-state index in [0.29, 0.717) is 19.4 Å². The van der Waals surface area contributed by atoms with Gasteiger partial charge in [0.1, 0.15) is 12.1 Å². The summed E-state index contributed by atoms with van der Waals surface area (Å²) in [5.74, 6) is -2.82. The van der Waals surface area contributed by atoms with Crippen LogP contribution in [0.5, 0.6) is 0 Å². The molecular formula is C37H65N7O6. The normalized spacial score (nSPS) is 24.1. The van der Waals surface area contributed by atoms with Crippen molar-refractivity contribution in [3.63, 3.8) is 0 Å². The summed E-state index contributed by atoms with van der Waals surface area (Å²) in [5.41, 5.74) is 9.03. The summed E-state index contributed by atoms with van der Waals surface area (Å²) in [6.07, 6.45) is 6.48. The van der Waals surface area contributed by atoms with E-state index in [9.17, 15) is 28.8 Å². The Morgan fingerprint density at radius 2 is 1.48 bits per heavy atom. The van der Waals surface area contributed by atoms with Gasteiger partial charge in [-0.05, 0) is 67.1 Å². The first-order valence-electron chi connectivity index (χ1n) is 18.3. The largest absolute Gasteiger partial charge is 0.363 e. The first kappa shape index (κ1) is 41.2. The van der Waals surface area contributed by atoms with E-state index < -0.39 is 70.1 Å². The van der Waals surface area contributed by atoms with Crippen LogP contribution >= 0.6 is 0 Å². The molecule has 8 N–H and O–H groups in total. The number of hydrogen-bond donors (Lipinski definition) is 6. The number of rotatable bonds is 13. The monoisotopic (exact) mass is 703 g/mol. The standard InChI is InChI=1S/C37H65N7O6/c1-33(2,3)25(20-40-26(45)19-36(9,10)39)42-32(50)43-28(34(4,5)6)31(49)44-21-37(16-12-15-35(37,7)8)18-24(44)30(48)41-23(27(46)29(38)47)17-22-13-11-14-22/h22-25,28H,11-21,39H2,1-10H3,(H2,38,47)(H,40,45)(H,41,48)(H2,42,43,50)/t23?,24-,25?,28+,37-/m0/s1. The van der Waals surface area contributed by atoms with E-state index in [-0.39, 0.29) is 35.6 Å². The molecule has 6 amide bonds. The van der Waals surface area contributed by atoms with Crippen LogP contribution in [0, 0.1) is 27.6 Å². The number of nitrogens with two attached hydrogens (primary N) is 2. The van der Waals surface area contributed by atoms with Crippen molar-refractivity contribution in [1.82, 2.24) is 26.2 Å². The zero-order valence-corrected chi connectivity index (χ0v) is 32.2. The van der Waals surface area contributed by atoms with Crippen molar-refractivity contribution in [1.29, 1.82) is 0 Å². The fourth-order valence-corrected chi connectivity index (χ4v) is 7.73. The van der Waals surface area contributed by atoms with Crippen molar-refractivity contribution in [2.75, 3.05) is 13.1 Å². The number of carbonyl (C=O) groups excluding carboxylic acids is 6. The molecule has 0 aromatic heterocycles. The third-order valence-corrected chi connectivity index (χ3v) is 11.4. The maximum Gasteiger partial charge on any atom is 0.315 e. The van der Waals surface area contributed by atoms with Gasteiger partial charge in [0.15, 0.2) is 0 Å². The highest BCUT2D eigenvalue weighted by atomic mass is 16.2. The van der Waals surface area contributed by atoms with Crippen molar-refractivity contribution in [3.05, 3.63) is 0 Å². The molecule has 13 nitrogen and oxygen atoms in total. The van der Waals surface area contributed by atoms with Crippen molar-refractivity contribution < 1.29 is 28.8 Å². The number of hydrogen-bond acceptors (Lipinski definition) is 7. The lowest BCUT2D eigenvalue weighted by molar-refractivity contribution is -0.143. The zero-order valence-electron chi connectivity index (χ0n) is 32.2. The van der Waals surface area contributed by atoms with Crippen molar-refractivity contribution in [2.24, 2.45) is 39.0 Å². The topological polar surface area (TPSA) is 206 Å². The number of carbonyl (C=O) groups is 6. The molecule has 1 heterocycles. The number of urea groups is 1. The van der Waals surface area contributed by atoms with E-state index in [4.69, 9.17) is 11.5 Å². The molecule has 1 aliphatic heterocycles. The lowest BCUT2D eigenvalue weighted by Crippen LogP contribution is -2.62. The van der Waals surface area contributed by atoms with Gasteiger partial charge in [-0.2, -0.15) is 0 Å². The van der Waals surface area contributed by atoms with E-state index >= 15 is 0 Å². The number of ketones is 1. The lowest BCUT2D eigenvalue weighted by atomic mass is 9.66. The Bertz CT molecular complexity index is 1310. The number of amides is 6. The summed E-state index contributed by atoms with van der Waals surface area (Å²) in [6.45, 7) is 19.8. The van der Waals surface area contributed by atoms with E-state index in [0.717, 1.165) is 38.5 Å². The molecule has 0 bridgehead atoms. The third-order valence-electron chi connectivity index (χ3n) is 11.4. The van der Waals surface area contributed by atoms with Gasteiger partial charge in [0, 0.05) is 25.0 Å². The average molecular weight is 704 g/mol. The minimum absolute atomic E-state index is 0.123. The molecular weight excluding hydrogens is 638 g/mol. The highest BCUT2D eigenvalue weighted by Crippen LogP contribution is 2.59.